The Bertz CT molecular complexity index is 391. The van der Waals surface area contributed by atoms with Crippen molar-refractivity contribution in [2.24, 2.45) is 11.5 Å². The second-order valence-electron chi connectivity index (χ2n) is 3.39. The second-order valence-corrected chi connectivity index (χ2v) is 3.39. The van der Waals surface area contributed by atoms with E-state index in [2.05, 4.69) is 5.32 Å². The molecule has 0 aromatic heterocycles. The van der Waals surface area contributed by atoms with Crippen LogP contribution in [0.3, 0.4) is 0 Å². The molecule has 86 valence electrons. The molecule has 0 saturated carbocycles. The Morgan fingerprint density at radius 3 is 2.56 bits per heavy atom. The normalized spacial score (nSPS) is 9.81. The Labute approximate surface area is 93.8 Å². The van der Waals surface area contributed by atoms with E-state index in [-0.39, 0.29) is 18.7 Å². The summed E-state index contributed by atoms with van der Waals surface area (Å²) in [6.07, 6.45) is 0.365. The molecule has 5 nitrogen and oxygen atoms in total. The van der Waals surface area contributed by atoms with E-state index >= 15 is 0 Å². The molecule has 0 aliphatic heterocycles. The van der Waals surface area contributed by atoms with E-state index in [9.17, 15) is 9.59 Å². The zero-order valence-corrected chi connectivity index (χ0v) is 8.90. The van der Waals surface area contributed by atoms with Crippen LogP contribution in [0.4, 0.5) is 5.69 Å². The van der Waals surface area contributed by atoms with Crippen LogP contribution in [0.1, 0.15) is 12.0 Å². The average Bonchev–Trinajstić information content (AvgIpc) is 2.20. The summed E-state index contributed by atoms with van der Waals surface area (Å²) in [5.41, 5.74) is 11.7. The smallest absolute Gasteiger partial charge is 0.225 e. The van der Waals surface area contributed by atoms with Crippen molar-refractivity contribution < 1.29 is 9.59 Å². The van der Waals surface area contributed by atoms with Crippen molar-refractivity contribution in [1.29, 1.82) is 0 Å². The van der Waals surface area contributed by atoms with Crippen LogP contribution in [0, 0.1) is 0 Å². The monoisotopic (exact) mass is 221 g/mol. The lowest BCUT2D eigenvalue weighted by Crippen LogP contribution is -2.19. The molecule has 16 heavy (non-hydrogen) atoms. The number of para-hydroxylation sites is 1. The zero-order valence-electron chi connectivity index (χ0n) is 8.90. The van der Waals surface area contributed by atoms with Gasteiger partial charge in [0, 0.05) is 18.7 Å². The maximum absolute atomic E-state index is 11.3. The largest absolute Gasteiger partial charge is 0.369 e. The Morgan fingerprint density at radius 1 is 1.25 bits per heavy atom. The van der Waals surface area contributed by atoms with Gasteiger partial charge in [0.25, 0.3) is 0 Å². The van der Waals surface area contributed by atoms with Gasteiger partial charge in [0.15, 0.2) is 0 Å². The highest BCUT2D eigenvalue weighted by molar-refractivity contribution is 5.92. The summed E-state index contributed by atoms with van der Waals surface area (Å²) in [6, 6.07) is 7.05. The fraction of sp³-hybridized carbons (Fsp3) is 0.273. The number of hydrogen-bond acceptors (Lipinski definition) is 3. The van der Waals surface area contributed by atoms with Crippen molar-refractivity contribution in [2.75, 3.05) is 11.9 Å². The predicted molar refractivity (Wildman–Crippen MR) is 61.6 cm³/mol. The first-order chi connectivity index (χ1) is 7.63. The standard InChI is InChI=1S/C11H15N3O2/c12-6-5-11(16)14-9-4-2-1-3-8(9)7-10(13)15/h1-4H,5-7,12H2,(H2,13,15)(H,14,16). The van der Waals surface area contributed by atoms with Crippen molar-refractivity contribution in [2.45, 2.75) is 12.8 Å². The van der Waals surface area contributed by atoms with E-state index in [0.717, 1.165) is 0 Å². The summed E-state index contributed by atoms with van der Waals surface area (Å²) < 4.78 is 0. The van der Waals surface area contributed by atoms with Crippen LogP contribution in [-0.4, -0.2) is 18.4 Å². The van der Waals surface area contributed by atoms with Crippen LogP contribution >= 0.6 is 0 Å². The summed E-state index contributed by atoms with van der Waals surface area (Å²) in [4.78, 5) is 22.2. The number of carbonyl (C=O) groups is 2. The molecule has 1 aromatic rings. The number of hydrogen-bond donors (Lipinski definition) is 3. The van der Waals surface area contributed by atoms with Gasteiger partial charge in [-0.25, -0.2) is 0 Å². The molecule has 0 radical (unpaired) electrons. The van der Waals surface area contributed by atoms with E-state index in [1.165, 1.54) is 0 Å². The summed E-state index contributed by atoms with van der Waals surface area (Å²) in [5, 5.41) is 2.69. The summed E-state index contributed by atoms with van der Waals surface area (Å²) in [5.74, 6) is -0.597. The van der Waals surface area contributed by atoms with Crippen molar-refractivity contribution in [1.82, 2.24) is 0 Å². The Kier molecular flexibility index (Phi) is 4.47. The first kappa shape index (κ1) is 12.2. The minimum absolute atomic E-state index is 0.110. The summed E-state index contributed by atoms with van der Waals surface area (Å²) in [6.45, 7) is 0.295. The van der Waals surface area contributed by atoms with Crippen LogP contribution in [0.15, 0.2) is 24.3 Å². The highest BCUT2D eigenvalue weighted by atomic mass is 16.2. The van der Waals surface area contributed by atoms with E-state index < -0.39 is 5.91 Å². The number of amides is 2. The number of benzene rings is 1. The molecule has 0 fully saturated rings. The van der Waals surface area contributed by atoms with Crippen LogP contribution in [0.25, 0.3) is 0 Å². The molecule has 0 aliphatic rings. The molecular formula is C11H15N3O2. The number of rotatable bonds is 5. The number of nitrogens with two attached hydrogens (primary N) is 2. The lowest BCUT2D eigenvalue weighted by Gasteiger charge is -2.09. The second kappa shape index (κ2) is 5.87. The Balaban J connectivity index is 2.78. The highest BCUT2D eigenvalue weighted by Crippen LogP contribution is 2.15. The van der Waals surface area contributed by atoms with Crippen molar-refractivity contribution in [3.8, 4) is 0 Å². The van der Waals surface area contributed by atoms with Gasteiger partial charge in [-0.3, -0.25) is 9.59 Å². The summed E-state index contributed by atoms with van der Waals surface area (Å²) >= 11 is 0. The molecule has 0 spiro atoms. The third kappa shape index (κ3) is 3.70. The average molecular weight is 221 g/mol. The number of anilines is 1. The maximum atomic E-state index is 11.3. The Morgan fingerprint density at radius 2 is 1.94 bits per heavy atom. The van der Waals surface area contributed by atoms with E-state index in [0.29, 0.717) is 17.8 Å². The minimum atomic E-state index is -0.430. The predicted octanol–water partition coefficient (Wildman–Crippen LogP) is 0.00170. The molecule has 0 saturated heterocycles. The molecule has 2 amide bonds. The van der Waals surface area contributed by atoms with Gasteiger partial charge in [0.05, 0.1) is 6.42 Å². The molecular weight excluding hydrogens is 206 g/mol. The molecule has 0 atom stereocenters. The SMILES string of the molecule is NCCC(=O)Nc1ccccc1CC(N)=O. The molecule has 1 aromatic carbocycles. The van der Waals surface area contributed by atoms with Gasteiger partial charge in [0.1, 0.15) is 0 Å². The first-order valence-electron chi connectivity index (χ1n) is 4.99. The van der Waals surface area contributed by atoms with Crippen molar-refractivity contribution in [3.63, 3.8) is 0 Å². The number of nitrogens with one attached hydrogen (secondary N) is 1. The van der Waals surface area contributed by atoms with E-state index in [1.807, 2.05) is 0 Å². The highest BCUT2D eigenvalue weighted by Gasteiger charge is 2.07. The fourth-order valence-corrected chi connectivity index (χ4v) is 1.33. The summed E-state index contributed by atoms with van der Waals surface area (Å²) in [7, 11) is 0. The van der Waals surface area contributed by atoms with Gasteiger partial charge in [-0.15, -0.1) is 0 Å². The first-order valence-corrected chi connectivity index (χ1v) is 4.99. The third-order valence-corrected chi connectivity index (χ3v) is 2.03. The lowest BCUT2D eigenvalue weighted by atomic mass is 10.1. The molecule has 1 rings (SSSR count). The molecule has 0 bridgehead atoms. The third-order valence-electron chi connectivity index (χ3n) is 2.03. The molecule has 0 heterocycles. The van der Waals surface area contributed by atoms with Gasteiger partial charge in [-0.2, -0.15) is 0 Å². The van der Waals surface area contributed by atoms with E-state index in [4.69, 9.17) is 11.5 Å². The van der Waals surface area contributed by atoms with Gasteiger partial charge in [-0.05, 0) is 11.6 Å². The maximum Gasteiger partial charge on any atom is 0.225 e. The molecule has 5 N–H and O–H groups in total. The number of carbonyl (C=O) groups excluding carboxylic acids is 2. The topological polar surface area (TPSA) is 98.2 Å². The van der Waals surface area contributed by atoms with Crippen LogP contribution in [0.5, 0.6) is 0 Å². The fourth-order valence-electron chi connectivity index (χ4n) is 1.33. The van der Waals surface area contributed by atoms with Gasteiger partial charge < -0.3 is 16.8 Å². The van der Waals surface area contributed by atoms with Crippen molar-refractivity contribution in [3.05, 3.63) is 29.8 Å². The van der Waals surface area contributed by atoms with Crippen LogP contribution in [0.2, 0.25) is 0 Å². The van der Waals surface area contributed by atoms with Gasteiger partial charge >= 0.3 is 0 Å². The lowest BCUT2D eigenvalue weighted by molar-refractivity contribution is -0.118. The van der Waals surface area contributed by atoms with Crippen LogP contribution < -0.4 is 16.8 Å². The van der Waals surface area contributed by atoms with Crippen LogP contribution in [-0.2, 0) is 16.0 Å². The van der Waals surface area contributed by atoms with Gasteiger partial charge in [-0.1, -0.05) is 18.2 Å². The zero-order chi connectivity index (χ0) is 12.0. The Hall–Kier alpha value is -1.88. The van der Waals surface area contributed by atoms with Gasteiger partial charge in [0.2, 0.25) is 11.8 Å². The number of primary amides is 1. The van der Waals surface area contributed by atoms with Crippen molar-refractivity contribution >= 4 is 17.5 Å². The molecule has 0 unspecified atom stereocenters. The molecule has 5 heteroatoms. The molecule has 0 aliphatic carbocycles. The van der Waals surface area contributed by atoms with E-state index in [1.54, 1.807) is 24.3 Å². The minimum Gasteiger partial charge on any atom is -0.369 e. The quantitative estimate of drug-likeness (QED) is 0.652.